The molecule has 1 aliphatic heterocycles. The Bertz CT molecular complexity index is 546. The summed E-state index contributed by atoms with van der Waals surface area (Å²) in [5, 5.41) is 14.5. The number of nitrogens with zero attached hydrogens (tertiary/aromatic N) is 3. The van der Waals surface area contributed by atoms with Crippen molar-refractivity contribution in [3.8, 4) is 10.7 Å². The van der Waals surface area contributed by atoms with Crippen LogP contribution in [-0.4, -0.2) is 45.8 Å². The molecule has 2 aromatic heterocycles. The van der Waals surface area contributed by atoms with Crippen molar-refractivity contribution < 1.29 is 14.4 Å². The normalized spacial score (nSPS) is 16.7. The lowest BCUT2D eigenvalue weighted by Gasteiger charge is -2.35. The van der Waals surface area contributed by atoms with Crippen molar-refractivity contribution in [2.24, 2.45) is 0 Å². The summed E-state index contributed by atoms with van der Waals surface area (Å²) in [4.78, 5) is 17.7. The van der Waals surface area contributed by atoms with Crippen LogP contribution in [0, 0.1) is 0 Å². The van der Waals surface area contributed by atoms with Crippen LogP contribution in [0.25, 0.3) is 10.7 Å². The van der Waals surface area contributed by atoms with Crippen molar-refractivity contribution in [1.82, 2.24) is 15.0 Å². The smallest absolute Gasteiger partial charge is 0.317 e. The summed E-state index contributed by atoms with van der Waals surface area (Å²) in [5.74, 6) is 0.556. The molecular weight excluding hydrogens is 254 g/mol. The molecule has 1 N–H and O–H groups in total. The SMILES string of the molecule is O=C(O)CN1CC(c2nc(-c3cccs3)no2)C1. The predicted octanol–water partition coefficient (Wildman–Crippen LogP) is 1.28. The monoisotopic (exact) mass is 265 g/mol. The molecule has 0 aromatic carbocycles. The van der Waals surface area contributed by atoms with E-state index in [1.165, 1.54) is 0 Å². The first-order valence-electron chi connectivity index (χ1n) is 5.54. The second-order valence-electron chi connectivity index (χ2n) is 4.22. The summed E-state index contributed by atoms with van der Waals surface area (Å²) in [6.45, 7) is 1.40. The number of thiophene rings is 1. The molecule has 1 fully saturated rings. The van der Waals surface area contributed by atoms with E-state index in [1.54, 1.807) is 11.3 Å². The Morgan fingerprint density at radius 3 is 3.11 bits per heavy atom. The Kier molecular flexibility index (Phi) is 2.85. The van der Waals surface area contributed by atoms with Crippen LogP contribution in [-0.2, 0) is 4.79 Å². The van der Waals surface area contributed by atoms with E-state index in [9.17, 15) is 4.79 Å². The molecule has 0 radical (unpaired) electrons. The lowest BCUT2D eigenvalue weighted by molar-refractivity contribution is -0.139. The number of hydrogen-bond donors (Lipinski definition) is 1. The highest BCUT2D eigenvalue weighted by molar-refractivity contribution is 7.13. The topological polar surface area (TPSA) is 79.5 Å². The Morgan fingerprint density at radius 1 is 1.61 bits per heavy atom. The molecule has 0 spiro atoms. The third-order valence-electron chi connectivity index (χ3n) is 2.85. The zero-order valence-corrected chi connectivity index (χ0v) is 10.3. The number of carboxylic acids is 1. The van der Waals surface area contributed by atoms with Crippen molar-refractivity contribution in [2.45, 2.75) is 5.92 Å². The minimum atomic E-state index is -0.807. The van der Waals surface area contributed by atoms with Gasteiger partial charge in [-0.1, -0.05) is 11.2 Å². The average molecular weight is 265 g/mol. The van der Waals surface area contributed by atoms with Gasteiger partial charge < -0.3 is 9.63 Å². The number of aromatic nitrogens is 2. The average Bonchev–Trinajstić information content (AvgIpc) is 2.92. The van der Waals surface area contributed by atoms with Crippen LogP contribution in [0.3, 0.4) is 0 Å². The molecule has 6 nitrogen and oxygen atoms in total. The third kappa shape index (κ3) is 2.14. The quantitative estimate of drug-likeness (QED) is 0.897. The molecule has 2 aromatic rings. The molecule has 18 heavy (non-hydrogen) atoms. The fraction of sp³-hybridized carbons (Fsp3) is 0.364. The van der Waals surface area contributed by atoms with E-state index < -0.39 is 5.97 Å². The second-order valence-corrected chi connectivity index (χ2v) is 5.17. The van der Waals surface area contributed by atoms with Gasteiger partial charge in [-0.2, -0.15) is 4.98 Å². The van der Waals surface area contributed by atoms with Gasteiger partial charge in [0.25, 0.3) is 0 Å². The van der Waals surface area contributed by atoms with E-state index >= 15 is 0 Å². The number of carboxylic acid groups (broad SMARTS) is 1. The van der Waals surface area contributed by atoms with Crippen LogP contribution < -0.4 is 0 Å². The van der Waals surface area contributed by atoms with Crippen LogP contribution in [0.5, 0.6) is 0 Å². The van der Waals surface area contributed by atoms with Crippen molar-refractivity contribution in [3.63, 3.8) is 0 Å². The van der Waals surface area contributed by atoms with Gasteiger partial charge in [0.2, 0.25) is 11.7 Å². The molecule has 3 rings (SSSR count). The number of aliphatic carboxylic acids is 1. The van der Waals surface area contributed by atoms with E-state index in [1.807, 2.05) is 22.4 Å². The Balaban J connectivity index is 1.64. The molecular formula is C11H11N3O3S. The summed E-state index contributed by atoms with van der Waals surface area (Å²) in [6, 6.07) is 3.88. The van der Waals surface area contributed by atoms with Crippen LogP contribution in [0.4, 0.5) is 0 Å². The van der Waals surface area contributed by atoms with Gasteiger partial charge in [-0.3, -0.25) is 9.69 Å². The Labute approximate surface area is 107 Å². The van der Waals surface area contributed by atoms with Gasteiger partial charge in [0, 0.05) is 13.1 Å². The Hall–Kier alpha value is -1.73. The Morgan fingerprint density at radius 2 is 2.44 bits per heavy atom. The van der Waals surface area contributed by atoms with Gasteiger partial charge >= 0.3 is 5.97 Å². The molecule has 0 amide bonds. The summed E-state index contributed by atoms with van der Waals surface area (Å²) in [5.41, 5.74) is 0. The second kappa shape index (κ2) is 4.51. The van der Waals surface area contributed by atoms with Crippen LogP contribution >= 0.6 is 11.3 Å². The molecule has 1 aliphatic rings. The molecule has 1 saturated heterocycles. The maximum Gasteiger partial charge on any atom is 0.317 e. The molecule has 0 saturated carbocycles. The van der Waals surface area contributed by atoms with E-state index in [0.29, 0.717) is 24.8 Å². The van der Waals surface area contributed by atoms with Gasteiger partial charge in [-0.25, -0.2) is 0 Å². The number of likely N-dealkylation sites (tertiary alicyclic amines) is 1. The summed E-state index contributed by atoms with van der Waals surface area (Å²) in [7, 11) is 0. The molecule has 0 aliphatic carbocycles. The predicted molar refractivity (Wildman–Crippen MR) is 64.4 cm³/mol. The maximum atomic E-state index is 10.5. The van der Waals surface area contributed by atoms with E-state index in [4.69, 9.17) is 9.63 Å². The number of rotatable bonds is 4. The summed E-state index contributed by atoms with van der Waals surface area (Å²) in [6.07, 6.45) is 0. The highest BCUT2D eigenvalue weighted by Crippen LogP contribution is 2.28. The van der Waals surface area contributed by atoms with Crippen LogP contribution in [0.15, 0.2) is 22.0 Å². The van der Waals surface area contributed by atoms with Crippen molar-refractivity contribution >= 4 is 17.3 Å². The fourth-order valence-corrected chi connectivity index (χ4v) is 2.60. The fourth-order valence-electron chi connectivity index (χ4n) is 1.95. The zero-order chi connectivity index (χ0) is 12.5. The first kappa shape index (κ1) is 11.4. The molecule has 7 heteroatoms. The van der Waals surface area contributed by atoms with Crippen molar-refractivity contribution in [2.75, 3.05) is 19.6 Å². The lowest BCUT2D eigenvalue weighted by atomic mass is 10.0. The first-order chi connectivity index (χ1) is 8.72. The van der Waals surface area contributed by atoms with Gasteiger partial charge in [-0.15, -0.1) is 11.3 Å². The molecule has 3 heterocycles. The van der Waals surface area contributed by atoms with E-state index in [-0.39, 0.29) is 12.5 Å². The maximum absolute atomic E-state index is 10.5. The number of carbonyl (C=O) groups is 1. The molecule has 0 unspecified atom stereocenters. The summed E-state index contributed by atoms with van der Waals surface area (Å²) >= 11 is 1.56. The van der Waals surface area contributed by atoms with Gasteiger partial charge in [0.1, 0.15) is 0 Å². The minimum Gasteiger partial charge on any atom is -0.480 e. The zero-order valence-electron chi connectivity index (χ0n) is 9.44. The molecule has 0 atom stereocenters. The highest BCUT2D eigenvalue weighted by Gasteiger charge is 2.33. The van der Waals surface area contributed by atoms with Crippen LogP contribution in [0.1, 0.15) is 11.8 Å². The van der Waals surface area contributed by atoms with Crippen LogP contribution in [0.2, 0.25) is 0 Å². The minimum absolute atomic E-state index is 0.0718. The lowest BCUT2D eigenvalue weighted by Crippen LogP contribution is -2.47. The van der Waals surface area contributed by atoms with E-state index in [0.717, 1.165) is 4.88 Å². The van der Waals surface area contributed by atoms with Crippen molar-refractivity contribution in [1.29, 1.82) is 0 Å². The van der Waals surface area contributed by atoms with Gasteiger partial charge in [-0.05, 0) is 11.4 Å². The summed E-state index contributed by atoms with van der Waals surface area (Å²) < 4.78 is 5.22. The number of hydrogen-bond acceptors (Lipinski definition) is 6. The third-order valence-corrected chi connectivity index (χ3v) is 3.71. The van der Waals surface area contributed by atoms with E-state index in [2.05, 4.69) is 10.1 Å². The largest absolute Gasteiger partial charge is 0.480 e. The molecule has 0 bridgehead atoms. The van der Waals surface area contributed by atoms with Crippen molar-refractivity contribution in [3.05, 3.63) is 23.4 Å². The standard InChI is InChI=1S/C11H11N3O3S/c15-9(16)6-14-4-7(5-14)11-12-10(13-17-11)8-2-1-3-18-8/h1-3,7H,4-6H2,(H,15,16). The van der Waals surface area contributed by atoms with Gasteiger partial charge in [0.15, 0.2) is 0 Å². The highest BCUT2D eigenvalue weighted by atomic mass is 32.1. The van der Waals surface area contributed by atoms with Gasteiger partial charge in [0.05, 0.1) is 17.3 Å². The molecule has 94 valence electrons. The first-order valence-corrected chi connectivity index (χ1v) is 6.42.